The number of nitrogens with zero attached hydrogens (tertiary/aromatic N) is 1. The second kappa shape index (κ2) is 5.05. The molecule has 0 radical (unpaired) electrons. The van der Waals surface area contributed by atoms with Gasteiger partial charge in [-0.25, -0.2) is 13.2 Å². The Morgan fingerprint density at radius 2 is 1.52 bits per heavy atom. The van der Waals surface area contributed by atoms with Gasteiger partial charge in [-0.3, -0.25) is 4.57 Å². The molecule has 0 amide bonds. The fourth-order valence-electron chi connectivity index (χ4n) is 2.03. The summed E-state index contributed by atoms with van der Waals surface area (Å²) < 4.78 is 41.3. The molecular formula is C13H5Cl2F3N2S. The molecule has 21 heavy (non-hydrogen) atoms. The maximum atomic E-state index is 13.4. The highest BCUT2D eigenvalue weighted by Gasteiger charge is 2.15. The molecule has 3 rings (SSSR count). The first-order valence-electron chi connectivity index (χ1n) is 5.63. The van der Waals surface area contributed by atoms with E-state index in [0.29, 0.717) is 16.1 Å². The molecule has 0 unspecified atom stereocenters. The molecule has 8 heteroatoms. The topological polar surface area (TPSA) is 20.7 Å². The molecule has 1 aromatic heterocycles. The van der Waals surface area contributed by atoms with Gasteiger partial charge in [0.05, 0.1) is 26.8 Å². The Morgan fingerprint density at radius 3 is 2.14 bits per heavy atom. The normalized spacial score (nSPS) is 11.3. The maximum Gasteiger partial charge on any atom is 0.194 e. The lowest BCUT2D eigenvalue weighted by Crippen LogP contribution is -1.99. The van der Waals surface area contributed by atoms with Crippen LogP contribution in [0.4, 0.5) is 13.2 Å². The lowest BCUT2D eigenvalue weighted by molar-refractivity contribution is 0.446. The van der Waals surface area contributed by atoms with E-state index in [1.165, 1.54) is 10.6 Å². The van der Waals surface area contributed by atoms with E-state index >= 15 is 0 Å². The Balaban J connectivity index is 2.37. The molecule has 0 spiro atoms. The third-order valence-electron chi connectivity index (χ3n) is 2.95. The van der Waals surface area contributed by atoms with Gasteiger partial charge in [0.2, 0.25) is 0 Å². The Hall–Kier alpha value is -1.50. The molecule has 1 N–H and O–H groups in total. The number of halogens is 5. The van der Waals surface area contributed by atoms with Crippen molar-refractivity contribution in [2.24, 2.45) is 0 Å². The first kappa shape index (κ1) is 14.4. The summed E-state index contributed by atoms with van der Waals surface area (Å²) in [5.41, 5.74) is 1.06. The number of imidazole rings is 1. The third kappa shape index (κ3) is 2.33. The van der Waals surface area contributed by atoms with Crippen molar-refractivity contribution in [1.29, 1.82) is 0 Å². The minimum absolute atomic E-state index is 0.0426. The number of H-pyrrole nitrogens is 1. The number of hydrogen-bond donors (Lipinski definition) is 1. The number of nitrogens with one attached hydrogen (secondary N) is 1. The van der Waals surface area contributed by atoms with Gasteiger partial charge in [0, 0.05) is 12.1 Å². The van der Waals surface area contributed by atoms with Crippen LogP contribution in [-0.4, -0.2) is 9.55 Å². The first-order valence-corrected chi connectivity index (χ1v) is 6.79. The summed E-state index contributed by atoms with van der Waals surface area (Å²) in [5, 5.41) is 0.569. The highest BCUT2D eigenvalue weighted by molar-refractivity contribution is 7.71. The monoisotopic (exact) mass is 348 g/mol. The van der Waals surface area contributed by atoms with E-state index in [2.05, 4.69) is 4.98 Å². The molecule has 108 valence electrons. The van der Waals surface area contributed by atoms with Gasteiger partial charge in [-0.1, -0.05) is 23.2 Å². The van der Waals surface area contributed by atoms with Gasteiger partial charge >= 0.3 is 0 Å². The van der Waals surface area contributed by atoms with E-state index < -0.39 is 17.5 Å². The third-order valence-corrected chi connectivity index (χ3v) is 3.96. The standard InChI is InChI=1S/C13H5Cl2F3N2S/c14-6-3-10-11(4-7(6)15)20(13(21)19-10)5-1-8(16)12(18)9(17)2-5/h1-4H,(H,19,21). The van der Waals surface area contributed by atoms with Crippen molar-refractivity contribution in [3.8, 4) is 5.69 Å². The largest absolute Gasteiger partial charge is 0.330 e. The smallest absolute Gasteiger partial charge is 0.194 e. The van der Waals surface area contributed by atoms with Crippen molar-refractivity contribution in [3.63, 3.8) is 0 Å². The van der Waals surface area contributed by atoms with Crippen LogP contribution in [-0.2, 0) is 0 Å². The molecule has 0 atom stereocenters. The number of hydrogen-bond acceptors (Lipinski definition) is 1. The minimum atomic E-state index is -1.54. The van der Waals surface area contributed by atoms with E-state index in [9.17, 15) is 13.2 Å². The molecule has 0 fully saturated rings. The summed E-state index contributed by atoms with van der Waals surface area (Å²) in [4.78, 5) is 2.84. The SMILES string of the molecule is Fc1cc(-n2c(=S)[nH]c3cc(Cl)c(Cl)cc32)cc(F)c1F. The van der Waals surface area contributed by atoms with E-state index in [4.69, 9.17) is 35.4 Å². The molecular weight excluding hydrogens is 344 g/mol. The summed E-state index contributed by atoms with van der Waals surface area (Å²) in [6, 6.07) is 4.75. The summed E-state index contributed by atoms with van der Waals surface area (Å²) in [6.45, 7) is 0. The van der Waals surface area contributed by atoms with Gasteiger partial charge in [0.25, 0.3) is 0 Å². The summed E-state index contributed by atoms with van der Waals surface area (Å²) in [7, 11) is 0. The highest BCUT2D eigenvalue weighted by Crippen LogP contribution is 2.29. The first-order chi connectivity index (χ1) is 9.88. The van der Waals surface area contributed by atoms with E-state index in [1.54, 1.807) is 6.07 Å². The zero-order chi connectivity index (χ0) is 15.3. The molecule has 1 heterocycles. The van der Waals surface area contributed by atoms with Crippen LogP contribution < -0.4 is 0 Å². The van der Waals surface area contributed by atoms with Crippen molar-refractivity contribution in [2.75, 3.05) is 0 Å². The van der Waals surface area contributed by atoms with E-state index in [1.807, 2.05) is 0 Å². The maximum absolute atomic E-state index is 13.4. The lowest BCUT2D eigenvalue weighted by Gasteiger charge is -2.06. The number of benzene rings is 2. The highest BCUT2D eigenvalue weighted by atomic mass is 35.5. The molecule has 2 aromatic carbocycles. The average molecular weight is 349 g/mol. The number of fused-ring (bicyclic) bond motifs is 1. The predicted octanol–water partition coefficient (Wildman–Crippen LogP) is 5.41. The fraction of sp³-hybridized carbons (Fsp3) is 0. The Kier molecular flexibility index (Phi) is 3.47. The number of aromatic amines is 1. The zero-order valence-electron chi connectivity index (χ0n) is 10.1. The average Bonchev–Trinajstić information content (AvgIpc) is 2.71. The molecule has 2 nitrogen and oxygen atoms in total. The van der Waals surface area contributed by atoms with E-state index in [-0.39, 0.29) is 15.5 Å². The molecule has 0 aliphatic heterocycles. The number of rotatable bonds is 1. The van der Waals surface area contributed by atoms with Gasteiger partial charge in [0.15, 0.2) is 22.2 Å². The van der Waals surface area contributed by atoms with Crippen LogP contribution in [0.3, 0.4) is 0 Å². The van der Waals surface area contributed by atoms with Gasteiger partial charge in [-0.15, -0.1) is 0 Å². The van der Waals surface area contributed by atoms with Crippen LogP contribution in [0.25, 0.3) is 16.7 Å². The van der Waals surface area contributed by atoms with Crippen molar-refractivity contribution in [1.82, 2.24) is 9.55 Å². The van der Waals surface area contributed by atoms with Gasteiger partial charge in [-0.2, -0.15) is 0 Å². The van der Waals surface area contributed by atoms with Crippen LogP contribution in [0.5, 0.6) is 0 Å². The second-order valence-electron chi connectivity index (χ2n) is 4.27. The Bertz CT molecular complexity index is 910. The van der Waals surface area contributed by atoms with Crippen molar-refractivity contribution in [3.05, 3.63) is 56.5 Å². The zero-order valence-corrected chi connectivity index (χ0v) is 12.4. The minimum Gasteiger partial charge on any atom is -0.330 e. The van der Waals surface area contributed by atoms with Crippen LogP contribution in [0.1, 0.15) is 0 Å². The Morgan fingerprint density at radius 1 is 0.952 bits per heavy atom. The van der Waals surface area contributed by atoms with Crippen LogP contribution in [0.2, 0.25) is 10.0 Å². The van der Waals surface area contributed by atoms with Crippen molar-refractivity contribution >= 4 is 46.5 Å². The van der Waals surface area contributed by atoms with E-state index in [0.717, 1.165) is 12.1 Å². The molecule has 0 saturated heterocycles. The summed E-state index contributed by atoms with van der Waals surface area (Å²) in [5.74, 6) is -4.14. The van der Waals surface area contributed by atoms with Crippen molar-refractivity contribution < 1.29 is 13.2 Å². The van der Waals surface area contributed by atoms with Gasteiger partial charge in [0.1, 0.15) is 0 Å². The molecule has 0 bridgehead atoms. The molecule has 0 aliphatic carbocycles. The predicted molar refractivity (Wildman–Crippen MR) is 78.4 cm³/mol. The number of aromatic nitrogens is 2. The fourth-order valence-corrected chi connectivity index (χ4v) is 2.66. The Labute approximate surface area is 131 Å². The molecule has 0 aliphatic rings. The van der Waals surface area contributed by atoms with Gasteiger partial charge in [-0.05, 0) is 24.4 Å². The van der Waals surface area contributed by atoms with Crippen LogP contribution in [0.15, 0.2) is 24.3 Å². The molecule has 0 saturated carbocycles. The second-order valence-corrected chi connectivity index (χ2v) is 5.47. The summed E-state index contributed by atoms with van der Waals surface area (Å²) in [6.07, 6.45) is 0. The van der Waals surface area contributed by atoms with Crippen LogP contribution in [0, 0.1) is 22.2 Å². The van der Waals surface area contributed by atoms with Crippen LogP contribution >= 0.6 is 35.4 Å². The van der Waals surface area contributed by atoms with Crippen molar-refractivity contribution in [2.45, 2.75) is 0 Å². The summed E-state index contributed by atoms with van der Waals surface area (Å²) >= 11 is 17.0. The quantitative estimate of drug-likeness (QED) is 0.460. The molecule has 3 aromatic rings. The van der Waals surface area contributed by atoms with Gasteiger partial charge < -0.3 is 4.98 Å². The lowest BCUT2D eigenvalue weighted by atomic mass is 10.2.